The van der Waals surface area contributed by atoms with Crippen LogP contribution in [0.25, 0.3) is 0 Å². The van der Waals surface area contributed by atoms with Crippen LogP contribution in [0.4, 0.5) is 0 Å². The average Bonchev–Trinajstić information content (AvgIpc) is 2.91. The molecule has 0 aromatic heterocycles. The van der Waals surface area contributed by atoms with Crippen LogP contribution in [0, 0.1) is 5.92 Å². The Morgan fingerprint density at radius 2 is 1.19 bits per heavy atom. The maximum absolute atomic E-state index is 13.1. The molecule has 0 spiro atoms. The minimum Gasteiger partial charge on any atom is -0.497 e. The standard InChI is InChI=1S/C28H32N2O6/c1-18(2)17-36-25-16-21(10-15-24(25)35-5)26(29-27(31)19-6-11-22(33-3)12-7-19)30-28(32)20-8-13-23(34-4)14-9-20/h6-16,18,26H,17H2,1-5H3,(H,29,31)(H,30,32). The summed E-state index contributed by atoms with van der Waals surface area (Å²) in [5.41, 5.74) is 1.46. The number of nitrogens with one attached hydrogen (secondary N) is 2. The summed E-state index contributed by atoms with van der Waals surface area (Å²) in [5.74, 6) is 1.93. The lowest BCUT2D eigenvalue weighted by Gasteiger charge is -2.22. The van der Waals surface area contributed by atoms with Crippen molar-refractivity contribution in [2.45, 2.75) is 20.0 Å². The third kappa shape index (κ3) is 6.91. The van der Waals surface area contributed by atoms with Crippen molar-refractivity contribution in [3.05, 3.63) is 83.4 Å². The zero-order valence-electron chi connectivity index (χ0n) is 21.2. The van der Waals surface area contributed by atoms with Gasteiger partial charge in [0.25, 0.3) is 11.8 Å². The minimum atomic E-state index is -0.846. The van der Waals surface area contributed by atoms with Gasteiger partial charge in [0.1, 0.15) is 17.7 Å². The fourth-order valence-electron chi connectivity index (χ4n) is 3.36. The molecule has 0 unspecified atom stereocenters. The Bertz CT molecular complexity index is 1100. The maximum atomic E-state index is 13.1. The highest BCUT2D eigenvalue weighted by Gasteiger charge is 2.21. The largest absolute Gasteiger partial charge is 0.497 e. The number of benzene rings is 3. The Labute approximate surface area is 211 Å². The van der Waals surface area contributed by atoms with Crippen LogP contribution in [0.5, 0.6) is 23.0 Å². The molecule has 2 N–H and O–H groups in total. The first-order chi connectivity index (χ1) is 17.3. The molecule has 190 valence electrons. The van der Waals surface area contributed by atoms with Gasteiger partial charge in [-0.15, -0.1) is 0 Å². The van der Waals surface area contributed by atoms with Crippen molar-refractivity contribution in [1.82, 2.24) is 10.6 Å². The van der Waals surface area contributed by atoms with Crippen LogP contribution in [-0.4, -0.2) is 39.8 Å². The molecule has 0 aliphatic carbocycles. The first-order valence-electron chi connectivity index (χ1n) is 11.5. The second-order valence-electron chi connectivity index (χ2n) is 8.45. The molecule has 0 fully saturated rings. The van der Waals surface area contributed by atoms with Crippen LogP contribution >= 0.6 is 0 Å². The maximum Gasteiger partial charge on any atom is 0.253 e. The van der Waals surface area contributed by atoms with E-state index in [9.17, 15) is 9.59 Å². The lowest BCUT2D eigenvalue weighted by Crippen LogP contribution is -2.41. The summed E-state index contributed by atoms with van der Waals surface area (Å²) in [5, 5.41) is 5.81. The molecule has 2 amide bonds. The Hall–Kier alpha value is -4.20. The summed E-state index contributed by atoms with van der Waals surface area (Å²) in [6.07, 6.45) is -0.846. The van der Waals surface area contributed by atoms with Gasteiger partial charge < -0.3 is 29.6 Å². The molecule has 3 aromatic carbocycles. The van der Waals surface area contributed by atoms with Crippen LogP contribution in [0.1, 0.15) is 46.3 Å². The second-order valence-corrected chi connectivity index (χ2v) is 8.45. The van der Waals surface area contributed by atoms with Gasteiger partial charge in [-0.1, -0.05) is 19.9 Å². The number of amides is 2. The van der Waals surface area contributed by atoms with Gasteiger partial charge in [-0.05, 0) is 72.1 Å². The van der Waals surface area contributed by atoms with E-state index in [2.05, 4.69) is 10.6 Å². The predicted octanol–water partition coefficient (Wildman–Crippen LogP) is 4.61. The summed E-state index contributed by atoms with van der Waals surface area (Å²) < 4.78 is 21.7. The van der Waals surface area contributed by atoms with E-state index < -0.39 is 6.17 Å². The third-order valence-corrected chi connectivity index (χ3v) is 5.35. The molecule has 3 rings (SSSR count). The lowest BCUT2D eigenvalue weighted by atomic mass is 10.1. The summed E-state index contributed by atoms with van der Waals surface area (Å²) in [6.45, 7) is 4.58. The van der Waals surface area contributed by atoms with Crippen LogP contribution in [0.15, 0.2) is 66.7 Å². The van der Waals surface area contributed by atoms with Crippen molar-refractivity contribution in [2.75, 3.05) is 27.9 Å². The molecule has 0 saturated heterocycles. The van der Waals surface area contributed by atoms with Gasteiger partial charge in [0.15, 0.2) is 11.5 Å². The number of hydrogen-bond donors (Lipinski definition) is 2. The molecule has 36 heavy (non-hydrogen) atoms. The summed E-state index contributed by atoms with van der Waals surface area (Å²) in [7, 11) is 4.68. The normalized spacial score (nSPS) is 10.6. The molecule has 0 atom stereocenters. The van der Waals surface area contributed by atoms with Gasteiger partial charge in [0, 0.05) is 11.1 Å². The monoisotopic (exact) mass is 492 g/mol. The van der Waals surface area contributed by atoms with Crippen LogP contribution in [0.2, 0.25) is 0 Å². The number of methoxy groups -OCH3 is 3. The SMILES string of the molecule is COc1ccc(C(=O)NC(NC(=O)c2ccc(OC)cc2)c2ccc(OC)c(OCC(C)C)c2)cc1. The van der Waals surface area contributed by atoms with Crippen molar-refractivity contribution in [3.8, 4) is 23.0 Å². The second kappa shape index (κ2) is 12.5. The Kier molecular flexibility index (Phi) is 9.16. The Balaban J connectivity index is 1.91. The third-order valence-electron chi connectivity index (χ3n) is 5.35. The van der Waals surface area contributed by atoms with E-state index in [0.29, 0.717) is 52.2 Å². The van der Waals surface area contributed by atoms with Crippen molar-refractivity contribution >= 4 is 11.8 Å². The van der Waals surface area contributed by atoms with Gasteiger partial charge in [-0.2, -0.15) is 0 Å². The number of rotatable bonds is 11. The summed E-state index contributed by atoms with van der Waals surface area (Å²) in [6, 6.07) is 18.7. The van der Waals surface area contributed by atoms with E-state index in [0.717, 1.165) is 0 Å². The number of ether oxygens (including phenoxy) is 4. The van der Waals surface area contributed by atoms with Crippen LogP contribution in [0.3, 0.4) is 0 Å². The fourth-order valence-corrected chi connectivity index (χ4v) is 3.36. The zero-order chi connectivity index (χ0) is 26.1. The highest BCUT2D eigenvalue weighted by atomic mass is 16.5. The van der Waals surface area contributed by atoms with Crippen LogP contribution in [-0.2, 0) is 0 Å². The molecule has 0 radical (unpaired) electrons. The van der Waals surface area contributed by atoms with E-state index in [-0.39, 0.29) is 11.8 Å². The molecule has 0 aliphatic heterocycles. The molecule has 0 aliphatic rings. The van der Waals surface area contributed by atoms with Crippen molar-refractivity contribution in [2.24, 2.45) is 5.92 Å². The van der Waals surface area contributed by atoms with Gasteiger partial charge in [-0.25, -0.2) is 0 Å². The minimum absolute atomic E-state index is 0.304. The molecule has 8 heteroatoms. The lowest BCUT2D eigenvalue weighted by molar-refractivity contribution is 0.0883. The topological polar surface area (TPSA) is 95.1 Å². The first kappa shape index (κ1) is 26.4. The highest BCUT2D eigenvalue weighted by Crippen LogP contribution is 2.30. The van der Waals surface area contributed by atoms with Gasteiger partial charge in [-0.3, -0.25) is 9.59 Å². The summed E-state index contributed by atoms with van der Waals surface area (Å²) in [4.78, 5) is 26.2. The molecule has 8 nitrogen and oxygen atoms in total. The van der Waals surface area contributed by atoms with Crippen molar-refractivity contribution in [3.63, 3.8) is 0 Å². The number of hydrogen-bond acceptors (Lipinski definition) is 6. The van der Waals surface area contributed by atoms with E-state index in [1.165, 1.54) is 0 Å². The Morgan fingerprint density at radius 3 is 1.61 bits per heavy atom. The molecule has 0 heterocycles. The molecular formula is C28H32N2O6. The van der Waals surface area contributed by atoms with Gasteiger partial charge in [0.2, 0.25) is 0 Å². The zero-order valence-corrected chi connectivity index (χ0v) is 21.2. The molecular weight excluding hydrogens is 460 g/mol. The number of carbonyl (C=O) groups excluding carboxylic acids is 2. The molecule has 0 saturated carbocycles. The van der Waals surface area contributed by atoms with Crippen molar-refractivity contribution < 1.29 is 28.5 Å². The van der Waals surface area contributed by atoms with Crippen LogP contribution < -0.4 is 29.6 Å². The van der Waals surface area contributed by atoms with E-state index in [1.807, 2.05) is 13.8 Å². The summed E-state index contributed by atoms with van der Waals surface area (Å²) >= 11 is 0. The smallest absolute Gasteiger partial charge is 0.253 e. The quantitative estimate of drug-likeness (QED) is 0.380. The van der Waals surface area contributed by atoms with E-state index in [1.54, 1.807) is 88.1 Å². The predicted molar refractivity (Wildman–Crippen MR) is 137 cm³/mol. The Morgan fingerprint density at radius 1 is 0.694 bits per heavy atom. The molecule has 0 bridgehead atoms. The number of carbonyl (C=O) groups is 2. The van der Waals surface area contributed by atoms with E-state index in [4.69, 9.17) is 18.9 Å². The van der Waals surface area contributed by atoms with E-state index >= 15 is 0 Å². The fraction of sp³-hybridized carbons (Fsp3) is 0.286. The van der Waals surface area contributed by atoms with Gasteiger partial charge >= 0.3 is 0 Å². The van der Waals surface area contributed by atoms with Crippen molar-refractivity contribution in [1.29, 1.82) is 0 Å². The molecule has 3 aromatic rings. The van der Waals surface area contributed by atoms with Gasteiger partial charge in [0.05, 0.1) is 27.9 Å². The average molecular weight is 493 g/mol. The first-order valence-corrected chi connectivity index (χ1v) is 11.5. The highest BCUT2D eigenvalue weighted by molar-refractivity contribution is 5.97.